The Balaban J connectivity index is 1.84. The quantitative estimate of drug-likeness (QED) is 0.884. The lowest BCUT2D eigenvalue weighted by Gasteiger charge is -2.06. The van der Waals surface area contributed by atoms with Gasteiger partial charge in [-0.3, -0.25) is 0 Å². The number of thiophene rings is 1. The topological polar surface area (TPSA) is 47.0 Å². The molecule has 96 valence electrons. The molecule has 4 nitrogen and oxygen atoms in total. The van der Waals surface area contributed by atoms with Crippen LogP contribution in [0.5, 0.6) is 5.88 Å². The van der Waals surface area contributed by atoms with Crippen LogP contribution in [0, 0.1) is 0 Å². The second-order valence-electron chi connectivity index (χ2n) is 3.56. The van der Waals surface area contributed by atoms with Crippen molar-refractivity contribution in [1.82, 2.24) is 9.97 Å². The normalized spacial score (nSPS) is 10.3. The highest BCUT2D eigenvalue weighted by molar-refractivity contribution is 7.16. The van der Waals surface area contributed by atoms with Crippen LogP contribution >= 0.6 is 22.9 Å². The molecule has 2 aromatic rings. The van der Waals surface area contributed by atoms with Crippen LogP contribution in [0.1, 0.15) is 11.8 Å². The Morgan fingerprint density at radius 2 is 2.28 bits per heavy atom. The van der Waals surface area contributed by atoms with Crippen molar-refractivity contribution in [2.24, 2.45) is 0 Å². The minimum Gasteiger partial charge on any atom is -0.478 e. The molecule has 0 aliphatic rings. The summed E-state index contributed by atoms with van der Waals surface area (Å²) in [6.07, 6.45) is 2.42. The van der Waals surface area contributed by atoms with E-state index >= 15 is 0 Å². The number of aromatic nitrogens is 2. The summed E-state index contributed by atoms with van der Waals surface area (Å²) in [6, 6.07) is 5.75. The van der Waals surface area contributed by atoms with Gasteiger partial charge in [0, 0.05) is 17.5 Å². The van der Waals surface area contributed by atoms with E-state index in [4.69, 9.17) is 16.3 Å². The van der Waals surface area contributed by atoms with Gasteiger partial charge in [-0.05, 0) is 25.5 Å². The maximum Gasteiger partial charge on any atom is 0.218 e. The zero-order valence-corrected chi connectivity index (χ0v) is 11.6. The Morgan fingerprint density at radius 3 is 3.00 bits per heavy atom. The fraction of sp³-hybridized carbons (Fsp3) is 0.333. The molecule has 1 N–H and O–H groups in total. The molecule has 0 saturated heterocycles. The summed E-state index contributed by atoms with van der Waals surface area (Å²) in [5, 5.41) is 3.23. The van der Waals surface area contributed by atoms with Crippen molar-refractivity contribution in [3.8, 4) is 5.88 Å². The smallest absolute Gasteiger partial charge is 0.218 e. The molecule has 0 aromatic carbocycles. The van der Waals surface area contributed by atoms with Crippen molar-refractivity contribution >= 4 is 28.8 Å². The van der Waals surface area contributed by atoms with Gasteiger partial charge >= 0.3 is 0 Å². The molecule has 0 atom stereocenters. The van der Waals surface area contributed by atoms with Crippen LogP contribution in [-0.2, 0) is 6.42 Å². The second-order valence-corrected chi connectivity index (χ2v) is 5.36. The van der Waals surface area contributed by atoms with Gasteiger partial charge in [-0.2, -0.15) is 0 Å². The Hall–Kier alpha value is -1.33. The summed E-state index contributed by atoms with van der Waals surface area (Å²) in [5.41, 5.74) is 0. The van der Waals surface area contributed by atoms with Crippen LogP contribution < -0.4 is 10.1 Å². The molecule has 0 unspecified atom stereocenters. The molecular formula is C12H14ClN3OS. The number of nitrogens with zero attached hydrogens (tertiary/aromatic N) is 2. The third-order valence-electron chi connectivity index (χ3n) is 2.24. The monoisotopic (exact) mass is 283 g/mol. The third-order valence-corrected chi connectivity index (χ3v) is 3.53. The standard InChI is InChI=1S/C12H14ClN3OS/c1-2-17-12-7-11(15-8-16-12)14-6-5-9-3-4-10(13)18-9/h3-4,7-8H,2,5-6H2,1H3,(H,14,15,16). The molecular weight excluding hydrogens is 270 g/mol. The van der Waals surface area contributed by atoms with E-state index in [-0.39, 0.29) is 0 Å². The minimum atomic E-state index is 0.592. The lowest BCUT2D eigenvalue weighted by molar-refractivity contribution is 0.326. The van der Waals surface area contributed by atoms with Gasteiger partial charge in [-0.25, -0.2) is 9.97 Å². The van der Waals surface area contributed by atoms with Crippen molar-refractivity contribution in [1.29, 1.82) is 0 Å². The van der Waals surface area contributed by atoms with E-state index in [1.54, 1.807) is 17.4 Å². The van der Waals surface area contributed by atoms with E-state index in [0.29, 0.717) is 12.5 Å². The van der Waals surface area contributed by atoms with Crippen LogP contribution in [0.2, 0.25) is 4.34 Å². The van der Waals surface area contributed by atoms with Crippen molar-refractivity contribution in [2.45, 2.75) is 13.3 Å². The van der Waals surface area contributed by atoms with Crippen LogP contribution in [0.3, 0.4) is 0 Å². The summed E-state index contributed by atoms with van der Waals surface area (Å²) in [7, 11) is 0. The molecule has 18 heavy (non-hydrogen) atoms. The number of hydrogen-bond acceptors (Lipinski definition) is 5. The van der Waals surface area contributed by atoms with Gasteiger partial charge < -0.3 is 10.1 Å². The average Bonchev–Trinajstić information content (AvgIpc) is 2.76. The van der Waals surface area contributed by atoms with E-state index in [0.717, 1.165) is 23.1 Å². The van der Waals surface area contributed by atoms with Gasteiger partial charge in [-0.1, -0.05) is 11.6 Å². The predicted molar refractivity (Wildman–Crippen MR) is 74.7 cm³/mol. The minimum absolute atomic E-state index is 0.592. The van der Waals surface area contributed by atoms with Gasteiger partial charge in [0.2, 0.25) is 5.88 Å². The highest BCUT2D eigenvalue weighted by Gasteiger charge is 2.00. The predicted octanol–water partition coefficient (Wildman–Crippen LogP) is 3.24. The van der Waals surface area contributed by atoms with Gasteiger partial charge in [-0.15, -0.1) is 11.3 Å². The van der Waals surface area contributed by atoms with E-state index in [2.05, 4.69) is 15.3 Å². The Morgan fingerprint density at radius 1 is 1.39 bits per heavy atom. The largest absolute Gasteiger partial charge is 0.478 e. The molecule has 0 aliphatic heterocycles. The van der Waals surface area contributed by atoms with Crippen LogP contribution in [-0.4, -0.2) is 23.1 Å². The molecule has 0 aliphatic carbocycles. The van der Waals surface area contributed by atoms with E-state index in [9.17, 15) is 0 Å². The van der Waals surface area contributed by atoms with Gasteiger partial charge in [0.25, 0.3) is 0 Å². The molecule has 6 heteroatoms. The highest BCUT2D eigenvalue weighted by Crippen LogP contribution is 2.21. The lowest BCUT2D eigenvalue weighted by atomic mass is 10.3. The number of rotatable bonds is 6. The van der Waals surface area contributed by atoms with Gasteiger partial charge in [0.15, 0.2) is 0 Å². The lowest BCUT2D eigenvalue weighted by Crippen LogP contribution is -2.06. The SMILES string of the molecule is CCOc1cc(NCCc2ccc(Cl)s2)ncn1. The van der Waals surface area contributed by atoms with Crippen LogP contribution in [0.25, 0.3) is 0 Å². The van der Waals surface area contributed by atoms with E-state index in [1.807, 2.05) is 19.1 Å². The molecule has 0 spiro atoms. The zero-order chi connectivity index (χ0) is 12.8. The fourth-order valence-corrected chi connectivity index (χ4v) is 2.55. The first kappa shape index (κ1) is 13.1. The number of anilines is 1. The van der Waals surface area contributed by atoms with Crippen LogP contribution in [0.4, 0.5) is 5.82 Å². The van der Waals surface area contributed by atoms with Crippen molar-refractivity contribution in [3.63, 3.8) is 0 Å². The first-order valence-electron chi connectivity index (χ1n) is 5.71. The maximum absolute atomic E-state index is 5.87. The summed E-state index contributed by atoms with van der Waals surface area (Å²) in [6.45, 7) is 3.33. The van der Waals surface area contributed by atoms with Gasteiger partial charge in [0.05, 0.1) is 10.9 Å². The Labute approximate surface area is 115 Å². The molecule has 0 fully saturated rings. The Kier molecular flexibility index (Phi) is 4.78. The van der Waals surface area contributed by atoms with Gasteiger partial charge in [0.1, 0.15) is 12.1 Å². The number of hydrogen-bond donors (Lipinski definition) is 1. The number of ether oxygens (including phenoxy) is 1. The third kappa shape index (κ3) is 3.85. The van der Waals surface area contributed by atoms with E-state index < -0.39 is 0 Å². The maximum atomic E-state index is 5.87. The molecule has 0 bridgehead atoms. The first-order valence-corrected chi connectivity index (χ1v) is 6.90. The van der Waals surface area contributed by atoms with Crippen molar-refractivity contribution in [3.05, 3.63) is 33.7 Å². The summed E-state index contributed by atoms with van der Waals surface area (Å²) in [4.78, 5) is 9.40. The summed E-state index contributed by atoms with van der Waals surface area (Å²) < 4.78 is 6.13. The molecule has 0 saturated carbocycles. The van der Waals surface area contributed by atoms with Crippen molar-refractivity contribution in [2.75, 3.05) is 18.5 Å². The fourth-order valence-electron chi connectivity index (χ4n) is 1.46. The van der Waals surface area contributed by atoms with E-state index in [1.165, 1.54) is 11.2 Å². The molecule has 0 radical (unpaired) electrons. The molecule has 2 rings (SSSR count). The van der Waals surface area contributed by atoms with Crippen molar-refractivity contribution < 1.29 is 4.74 Å². The second kappa shape index (κ2) is 6.56. The molecule has 2 aromatic heterocycles. The zero-order valence-electron chi connectivity index (χ0n) is 10.0. The molecule has 2 heterocycles. The summed E-state index contributed by atoms with van der Waals surface area (Å²) in [5.74, 6) is 1.37. The number of nitrogens with one attached hydrogen (secondary N) is 1. The first-order chi connectivity index (χ1) is 8.78. The highest BCUT2D eigenvalue weighted by atomic mass is 35.5. The summed E-state index contributed by atoms with van der Waals surface area (Å²) >= 11 is 7.47. The van der Waals surface area contributed by atoms with Crippen LogP contribution in [0.15, 0.2) is 24.5 Å². The Bertz CT molecular complexity index is 504. The molecule has 0 amide bonds. The average molecular weight is 284 g/mol. The number of halogens is 1.